The molecule has 0 radical (unpaired) electrons. The van der Waals surface area contributed by atoms with E-state index in [9.17, 15) is 9.59 Å². The predicted molar refractivity (Wildman–Crippen MR) is 58.1 cm³/mol. The fourth-order valence-corrected chi connectivity index (χ4v) is 1.34. The molecule has 0 spiro atoms. The Balaban J connectivity index is 2.57. The van der Waals surface area contributed by atoms with Crippen molar-refractivity contribution < 1.29 is 4.79 Å². The zero-order chi connectivity index (χ0) is 11.5. The molecular weight excluding hydrogens is 206 g/mol. The number of nitrogens with zero attached hydrogens (tertiary/aromatic N) is 2. The van der Waals surface area contributed by atoms with Gasteiger partial charge in [0, 0.05) is 18.0 Å². The Kier molecular flexibility index (Phi) is 2.59. The molecule has 0 unspecified atom stereocenters. The van der Waals surface area contributed by atoms with Crippen LogP contribution in [0.15, 0.2) is 35.4 Å². The minimum absolute atomic E-state index is 0.113. The number of aromatic amines is 1. The van der Waals surface area contributed by atoms with Crippen molar-refractivity contribution >= 4 is 5.78 Å². The number of pyridine rings is 1. The monoisotopic (exact) mass is 215 g/mol. The van der Waals surface area contributed by atoms with Gasteiger partial charge in [0.25, 0.3) is 5.56 Å². The molecule has 0 bridgehead atoms. The van der Waals surface area contributed by atoms with Gasteiger partial charge in [-0.3, -0.25) is 14.6 Å². The van der Waals surface area contributed by atoms with Crippen LogP contribution in [0.25, 0.3) is 11.3 Å². The molecular formula is C11H9N3O2. The molecule has 2 aromatic heterocycles. The summed E-state index contributed by atoms with van der Waals surface area (Å²) in [6, 6.07) is 4.99. The van der Waals surface area contributed by atoms with E-state index < -0.39 is 5.56 Å². The molecule has 5 heteroatoms. The fourth-order valence-electron chi connectivity index (χ4n) is 1.34. The number of carbonyl (C=O) groups is 1. The third-order valence-electron chi connectivity index (χ3n) is 2.16. The molecule has 0 saturated heterocycles. The lowest BCUT2D eigenvalue weighted by molar-refractivity contribution is 0.101. The number of ketones is 1. The Morgan fingerprint density at radius 3 is 2.62 bits per heavy atom. The van der Waals surface area contributed by atoms with Crippen LogP contribution in [-0.2, 0) is 0 Å². The normalized spacial score (nSPS) is 10.1. The van der Waals surface area contributed by atoms with Crippen molar-refractivity contribution in [3.05, 3.63) is 46.5 Å². The summed E-state index contributed by atoms with van der Waals surface area (Å²) in [4.78, 5) is 26.4. The average Bonchev–Trinajstić information content (AvgIpc) is 2.30. The first kappa shape index (κ1) is 10.2. The number of rotatable bonds is 2. The van der Waals surface area contributed by atoms with Crippen molar-refractivity contribution in [2.75, 3.05) is 0 Å². The van der Waals surface area contributed by atoms with Crippen molar-refractivity contribution in [3.8, 4) is 11.3 Å². The molecule has 0 aliphatic carbocycles. The van der Waals surface area contributed by atoms with Crippen molar-refractivity contribution in [2.45, 2.75) is 6.92 Å². The average molecular weight is 215 g/mol. The molecule has 2 rings (SSSR count). The van der Waals surface area contributed by atoms with E-state index in [1.165, 1.54) is 13.0 Å². The van der Waals surface area contributed by atoms with Crippen LogP contribution >= 0.6 is 0 Å². The van der Waals surface area contributed by atoms with Gasteiger partial charge in [0.05, 0.1) is 11.3 Å². The molecule has 0 aliphatic rings. The van der Waals surface area contributed by atoms with Crippen molar-refractivity contribution in [1.82, 2.24) is 15.2 Å². The summed E-state index contributed by atoms with van der Waals surface area (Å²) in [6.45, 7) is 1.35. The van der Waals surface area contributed by atoms with Gasteiger partial charge < -0.3 is 0 Å². The smallest absolute Gasteiger partial charge is 0.275 e. The van der Waals surface area contributed by atoms with Crippen molar-refractivity contribution in [1.29, 1.82) is 0 Å². The molecule has 0 aromatic carbocycles. The highest BCUT2D eigenvalue weighted by molar-refractivity contribution is 5.94. The van der Waals surface area contributed by atoms with Crippen LogP contribution < -0.4 is 5.56 Å². The first-order valence-electron chi connectivity index (χ1n) is 4.69. The molecule has 0 aliphatic heterocycles. The zero-order valence-electron chi connectivity index (χ0n) is 8.60. The van der Waals surface area contributed by atoms with Crippen LogP contribution in [0, 0.1) is 0 Å². The largest absolute Gasteiger partial charge is 0.294 e. The van der Waals surface area contributed by atoms with Crippen LogP contribution in [0.4, 0.5) is 0 Å². The van der Waals surface area contributed by atoms with Crippen LogP contribution in [0.1, 0.15) is 17.3 Å². The van der Waals surface area contributed by atoms with Crippen LogP contribution in [0.5, 0.6) is 0 Å². The number of Topliss-reactive ketones (excluding diaryl/α,β-unsaturated/α-hetero) is 1. The number of hydrogen-bond acceptors (Lipinski definition) is 4. The van der Waals surface area contributed by atoms with Gasteiger partial charge in [0.2, 0.25) is 0 Å². The third-order valence-corrected chi connectivity index (χ3v) is 2.16. The predicted octanol–water partition coefficient (Wildman–Crippen LogP) is 1.03. The number of hydrogen-bond donors (Lipinski definition) is 1. The second-order valence-corrected chi connectivity index (χ2v) is 3.29. The van der Waals surface area contributed by atoms with Gasteiger partial charge in [-0.05, 0) is 25.1 Å². The van der Waals surface area contributed by atoms with Gasteiger partial charge in [0.1, 0.15) is 0 Å². The first-order chi connectivity index (χ1) is 7.68. The Morgan fingerprint density at radius 1 is 1.31 bits per heavy atom. The molecule has 16 heavy (non-hydrogen) atoms. The Labute approximate surface area is 91.2 Å². The molecule has 5 nitrogen and oxygen atoms in total. The number of H-pyrrole nitrogens is 1. The molecule has 0 atom stereocenters. The van der Waals surface area contributed by atoms with Gasteiger partial charge in [-0.15, -0.1) is 0 Å². The number of nitrogens with one attached hydrogen (secondary N) is 1. The van der Waals surface area contributed by atoms with Gasteiger partial charge in [0.15, 0.2) is 5.78 Å². The lowest BCUT2D eigenvalue weighted by atomic mass is 10.1. The summed E-state index contributed by atoms with van der Waals surface area (Å²) < 4.78 is 0. The second kappa shape index (κ2) is 4.06. The summed E-state index contributed by atoms with van der Waals surface area (Å²) >= 11 is 0. The van der Waals surface area contributed by atoms with Crippen molar-refractivity contribution in [2.24, 2.45) is 0 Å². The van der Waals surface area contributed by atoms with E-state index in [-0.39, 0.29) is 11.3 Å². The minimum atomic E-state index is -0.467. The van der Waals surface area contributed by atoms with Crippen LogP contribution in [-0.4, -0.2) is 21.0 Å². The minimum Gasteiger partial charge on any atom is -0.294 e. The fraction of sp³-hybridized carbons (Fsp3) is 0.0909. The zero-order valence-corrected chi connectivity index (χ0v) is 8.60. The highest BCUT2D eigenvalue weighted by Gasteiger charge is 2.08. The Morgan fingerprint density at radius 2 is 2.00 bits per heavy atom. The van der Waals surface area contributed by atoms with Gasteiger partial charge in [-0.2, -0.15) is 5.10 Å². The lowest BCUT2D eigenvalue weighted by Gasteiger charge is -2.00. The van der Waals surface area contributed by atoms with E-state index in [1.54, 1.807) is 24.5 Å². The van der Waals surface area contributed by atoms with Crippen LogP contribution in [0.2, 0.25) is 0 Å². The molecule has 2 aromatic rings. The Bertz CT molecular complexity index is 575. The molecule has 80 valence electrons. The van der Waals surface area contributed by atoms with Crippen LogP contribution in [0.3, 0.4) is 0 Å². The maximum absolute atomic E-state index is 11.3. The van der Waals surface area contributed by atoms with E-state index in [4.69, 9.17) is 0 Å². The van der Waals surface area contributed by atoms with Gasteiger partial charge in [-0.25, -0.2) is 5.10 Å². The van der Waals surface area contributed by atoms with E-state index in [0.29, 0.717) is 5.69 Å². The standard InChI is InChI=1S/C11H9N3O2/c1-7(15)9-6-10(13-14-11(9)16)8-2-4-12-5-3-8/h2-6H,1H3,(H,14,16). The number of aromatic nitrogens is 3. The molecule has 2 heterocycles. The maximum atomic E-state index is 11.3. The summed E-state index contributed by atoms with van der Waals surface area (Å²) in [7, 11) is 0. The summed E-state index contributed by atoms with van der Waals surface area (Å²) in [5.41, 5.74) is 0.994. The van der Waals surface area contributed by atoms with E-state index in [0.717, 1.165) is 5.56 Å². The summed E-state index contributed by atoms with van der Waals surface area (Å²) in [5, 5.41) is 6.18. The Hall–Kier alpha value is -2.30. The summed E-state index contributed by atoms with van der Waals surface area (Å²) in [6.07, 6.45) is 3.24. The summed E-state index contributed by atoms with van der Waals surface area (Å²) in [5.74, 6) is -0.279. The first-order valence-corrected chi connectivity index (χ1v) is 4.69. The maximum Gasteiger partial charge on any atom is 0.275 e. The quantitative estimate of drug-likeness (QED) is 0.759. The van der Waals surface area contributed by atoms with Gasteiger partial charge in [-0.1, -0.05) is 0 Å². The third kappa shape index (κ3) is 1.88. The van der Waals surface area contributed by atoms with Crippen molar-refractivity contribution in [3.63, 3.8) is 0 Å². The van der Waals surface area contributed by atoms with E-state index in [1.807, 2.05) is 0 Å². The lowest BCUT2D eigenvalue weighted by Crippen LogP contribution is -2.17. The molecule has 0 amide bonds. The topological polar surface area (TPSA) is 75.7 Å². The van der Waals surface area contributed by atoms with E-state index in [2.05, 4.69) is 15.2 Å². The van der Waals surface area contributed by atoms with E-state index >= 15 is 0 Å². The molecule has 0 saturated carbocycles. The highest BCUT2D eigenvalue weighted by atomic mass is 16.1. The number of carbonyl (C=O) groups excluding carboxylic acids is 1. The SMILES string of the molecule is CC(=O)c1cc(-c2ccncc2)n[nH]c1=O. The molecule has 1 N–H and O–H groups in total. The second-order valence-electron chi connectivity index (χ2n) is 3.29. The van der Waals surface area contributed by atoms with Gasteiger partial charge >= 0.3 is 0 Å². The molecule has 0 fully saturated rings. The highest BCUT2D eigenvalue weighted by Crippen LogP contribution is 2.14.